The number of hydrogen-bond donors (Lipinski definition) is 1. The lowest BCUT2D eigenvalue weighted by atomic mass is 9.78. The highest BCUT2D eigenvalue weighted by Crippen LogP contribution is 2.37. The lowest BCUT2D eigenvalue weighted by Crippen LogP contribution is -2.44. The average molecular weight is 460 g/mol. The quantitative estimate of drug-likeness (QED) is 0.666. The third-order valence-electron chi connectivity index (χ3n) is 5.60. The number of piperidine rings is 1. The Bertz CT molecular complexity index is 783. The second-order valence-electron chi connectivity index (χ2n) is 7.36. The summed E-state index contributed by atoms with van der Waals surface area (Å²) in [5.41, 5.74) is 2.37. The SMILES string of the molecule is Cc1nc(CSc2ccccc2C(=O)N2CCC3(CCNC3)CC2)cs1.Cl.Cl. The Morgan fingerprint density at radius 3 is 2.64 bits per heavy atom. The van der Waals surface area contributed by atoms with E-state index in [1.165, 1.54) is 6.42 Å². The van der Waals surface area contributed by atoms with Crippen molar-refractivity contribution in [2.24, 2.45) is 5.41 Å². The second-order valence-corrected chi connectivity index (χ2v) is 9.44. The number of aromatic nitrogens is 1. The van der Waals surface area contributed by atoms with Crippen LogP contribution in [0.15, 0.2) is 34.5 Å². The topological polar surface area (TPSA) is 45.2 Å². The van der Waals surface area contributed by atoms with Crippen LogP contribution in [0, 0.1) is 12.3 Å². The predicted octanol–water partition coefficient (Wildman–Crippen LogP) is 4.80. The van der Waals surface area contributed by atoms with E-state index >= 15 is 0 Å². The van der Waals surface area contributed by atoms with Gasteiger partial charge in [0.1, 0.15) is 0 Å². The van der Waals surface area contributed by atoms with Gasteiger partial charge < -0.3 is 10.2 Å². The molecule has 3 heterocycles. The van der Waals surface area contributed by atoms with Crippen LogP contribution in [-0.4, -0.2) is 42.0 Å². The number of hydrogen-bond acceptors (Lipinski definition) is 5. The van der Waals surface area contributed by atoms with E-state index in [9.17, 15) is 4.79 Å². The molecule has 28 heavy (non-hydrogen) atoms. The number of likely N-dealkylation sites (tertiary alicyclic amines) is 1. The third kappa shape index (κ3) is 5.22. The number of carbonyl (C=O) groups excluding carboxylic acids is 1. The number of benzene rings is 1. The molecule has 1 spiro atoms. The number of nitrogens with one attached hydrogen (secondary N) is 1. The summed E-state index contributed by atoms with van der Waals surface area (Å²) in [7, 11) is 0. The fourth-order valence-electron chi connectivity index (χ4n) is 3.97. The lowest BCUT2D eigenvalue weighted by molar-refractivity contribution is 0.0604. The van der Waals surface area contributed by atoms with Crippen molar-refractivity contribution in [3.8, 4) is 0 Å². The van der Waals surface area contributed by atoms with Gasteiger partial charge in [0.2, 0.25) is 0 Å². The summed E-state index contributed by atoms with van der Waals surface area (Å²) in [4.78, 5) is 20.8. The van der Waals surface area contributed by atoms with Crippen LogP contribution in [0.3, 0.4) is 0 Å². The predicted molar refractivity (Wildman–Crippen MR) is 122 cm³/mol. The highest BCUT2D eigenvalue weighted by atomic mass is 35.5. The first-order valence-electron chi connectivity index (χ1n) is 9.28. The number of carbonyl (C=O) groups is 1. The normalized spacial score (nSPS) is 17.8. The minimum Gasteiger partial charge on any atom is -0.339 e. The van der Waals surface area contributed by atoms with Gasteiger partial charge >= 0.3 is 0 Å². The zero-order valence-corrected chi connectivity index (χ0v) is 19.2. The van der Waals surface area contributed by atoms with E-state index in [1.807, 2.05) is 25.1 Å². The number of halogens is 2. The van der Waals surface area contributed by atoms with Crippen LogP contribution in [0.25, 0.3) is 0 Å². The summed E-state index contributed by atoms with van der Waals surface area (Å²) in [6.45, 7) is 6.03. The Hall–Kier alpha value is -0.790. The summed E-state index contributed by atoms with van der Waals surface area (Å²) in [5, 5.41) is 6.68. The minimum atomic E-state index is 0. The van der Waals surface area contributed by atoms with Gasteiger partial charge in [0.25, 0.3) is 5.91 Å². The molecule has 0 saturated carbocycles. The van der Waals surface area contributed by atoms with Crippen LogP contribution in [0.1, 0.15) is 40.3 Å². The molecule has 0 atom stereocenters. The highest BCUT2D eigenvalue weighted by Gasteiger charge is 2.38. The Morgan fingerprint density at radius 2 is 2.00 bits per heavy atom. The number of nitrogens with zero attached hydrogens (tertiary/aromatic N) is 2. The van der Waals surface area contributed by atoms with Gasteiger partial charge in [-0.05, 0) is 50.3 Å². The average Bonchev–Trinajstić information content (AvgIpc) is 3.29. The molecular formula is C20H27Cl2N3OS2. The summed E-state index contributed by atoms with van der Waals surface area (Å²) < 4.78 is 0. The van der Waals surface area contributed by atoms with Crippen LogP contribution >= 0.6 is 47.9 Å². The molecule has 2 aliphatic rings. The molecule has 1 N–H and O–H groups in total. The van der Waals surface area contributed by atoms with Crippen LogP contribution in [0.4, 0.5) is 0 Å². The number of amides is 1. The number of rotatable bonds is 4. The molecule has 0 bridgehead atoms. The first-order chi connectivity index (χ1) is 12.7. The van der Waals surface area contributed by atoms with Gasteiger partial charge in [0, 0.05) is 35.7 Å². The molecule has 2 fully saturated rings. The van der Waals surface area contributed by atoms with Crippen molar-refractivity contribution in [3.05, 3.63) is 45.9 Å². The molecule has 0 aliphatic carbocycles. The summed E-state index contributed by atoms with van der Waals surface area (Å²) in [6.07, 6.45) is 3.51. The van der Waals surface area contributed by atoms with Gasteiger partial charge in [-0.2, -0.15) is 0 Å². The van der Waals surface area contributed by atoms with Gasteiger partial charge in [-0.25, -0.2) is 4.98 Å². The van der Waals surface area contributed by atoms with Gasteiger partial charge in [-0.1, -0.05) is 12.1 Å². The Morgan fingerprint density at radius 1 is 1.25 bits per heavy atom. The molecule has 1 amide bonds. The number of thiazole rings is 1. The first-order valence-corrected chi connectivity index (χ1v) is 11.1. The van der Waals surface area contributed by atoms with Gasteiger partial charge in [-0.15, -0.1) is 47.9 Å². The third-order valence-corrected chi connectivity index (χ3v) is 7.53. The maximum Gasteiger partial charge on any atom is 0.254 e. The fraction of sp³-hybridized carbons (Fsp3) is 0.500. The van der Waals surface area contributed by atoms with Crippen molar-refractivity contribution >= 4 is 53.8 Å². The smallest absolute Gasteiger partial charge is 0.254 e. The largest absolute Gasteiger partial charge is 0.339 e. The Kier molecular flexibility index (Phi) is 8.64. The monoisotopic (exact) mass is 459 g/mol. The van der Waals surface area contributed by atoms with Crippen LogP contribution in [-0.2, 0) is 5.75 Å². The van der Waals surface area contributed by atoms with Crippen molar-refractivity contribution in [1.82, 2.24) is 15.2 Å². The molecule has 2 saturated heterocycles. The van der Waals surface area contributed by atoms with Gasteiger partial charge in [0.05, 0.1) is 16.3 Å². The zero-order chi connectivity index (χ0) is 18.0. The Balaban J connectivity index is 0.00000140. The van der Waals surface area contributed by atoms with Crippen molar-refractivity contribution in [2.75, 3.05) is 26.2 Å². The van der Waals surface area contributed by atoms with Crippen molar-refractivity contribution < 1.29 is 4.79 Å². The van der Waals surface area contributed by atoms with Crippen molar-refractivity contribution in [3.63, 3.8) is 0 Å². The molecule has 1 aromatic heterocycles. The van der Waals surface area contributed by atoms with E-state index in [2.05, 4.69) is 26.6 Å². The maximum absolute atomic E-state index is 13.1. The summed E-state index contributed by atoms with van der Waals surface area (Å²) >= 11 is 3.39. The maximum atomic E-state index is 13.1. The second kappa shape index (κ2) is 10.3. The molecule has 154 valence electrons. The van der Waals surface area contributed by atoms with E-state index in [0.717, 1.165) is 65.9 Å². The Labute approximate surface area is 187 Å². The molecule has 2 aliphatic heterocycles. The minimum absolute atomic E-state index is 0. The van der Waals surface area contributed by atoms with Crippen LogP contribution in [0.5, 0.6) is 0 Å². The van der Waals surface area contributed by atoms with Crippen molar-refractivity contribution in [1.29, 1.82) is 0 Å². The summed E-state index contributed by atoms with van der Waals surface area (Å²) in [5.74, 6) is 0.993. The summed E-state index contributed by atoms with van der Waals surface area (Å²) in [6, 6.07) is 8.01. The number of thioether (sulfide) groups is 1. The van der Waals surface area contributed by atoms with Gasteiger partial charge in [-0.3, -0.25) is 4.79 Å². The van der Waals surface area contributed by atoms with Crippen molar-refractivity contribution in [2.45, 2.75) is 36.8 Å². The van der Waals surface area contributed by atoms with Gasteiger partial charge in [0.15, 0.2) is 0 Å². The first kappa shape index (κ1) is 23.5. The highest BCUT2D eigenvalue weighted by molar-refractivity contribution is 7.98. The molecule has 4 nitrogen and oxygen atoms in total. The molecule has 0 radical (unpaired) electrons. The molecule has 8 heteroatoms. The molecule has 0 unspecified atom stereocenters. The lowest BCUT2D eigenvalue weighted by Gasteiger charge is -2.39. The van der Waals surface area contributed by atoms with E-state index in [-0.39, 0.29) is 30.7 Å². The van der Waals surface area contributed by atoms with Crippen LogP contribution < -0.4 is 5.32 Å². The standard InChI is InChI=1S/C20H25N3OS2.2ClH/c1-15-22-16(12-25-15)13-26-18-5-3-2-4-17(18)19(24)23-10-7-20(8-11-23)6-9-21-14-20;;/h2-5,12,21H,6-11,13-14H2,1H3;2*1H. The molecule has 1 aromatic carbocycles. The molecular weight excluding hydrogens is 433 g/mol. The molecule has 4 rings (SSSR count). The molecule has 2 aromatic rings. The zero-order valence-electron chi connectivity index (χ0n) is 16.0. The van der Waals surface area contributed by atoms with E-state index in [1.54, 1.807) is 23.1 Å². The van der Waals surface area contributed by atoms with E-state index < -0.39 is 0 Å². The number of aryl methyl sites for hydroxylation is 1. The fourth-order valence-corrected chi connectivity index (χ4v) is 5.63. The van der Waals surface area contributed by atoms with E-state index in [4.69, 9.17) is 0 Å². The van der Waals surface area contributed by atoms with Crippen LogP contribution in [0.2, 0.25) is 0 Å². The van der Waals surface area contributed by atoms with E-state index in [0.29, 0.717) is 5.41 Å².